The fourth-order valence-electron chi connectivity index (χ4n) is 4.42. The van der Waals surface area contributed by atoms with Gasteiger partial charge >= 0.3 is 5.97 Å². The Morgan fingerprint density at radius 1 is 1.16 bits per heavy atom. The van der Waals surface area contributed by atoms with E-state index in [2.05, 4.69) is 57.7 Å². The molecule has 0 bridgehead atoms. The Morgan fingerprint density at radius 3 is 2.62 bits per heavy atom. The third kappa shape index (κ3) is 3.98. The van der Waals surface area contributed by atoms with Crippen LogP contribution in [0.1, 0.15) is 46.7 Å². The maximum absolute atomic E-state index is 11.9. The van der Waals surface area contributed by atoms with Gasteiger partial charge in [0.15, 0.2) is 5.11 Å². The number of aromatic nitrogens is 3. The Hall–Kier alpha value is -3.26. The molecular weight excluding hydrogens is 422 g/mol. The van der Waals surface area contributed by atoms with Gasteiger partial charge in [-0.05, 0) is 68.4 Å². The van der Waals surface area contributed by atoms with E-state index in [1.54, 1.807) is 6.20 Å². The second kappa shape index (κ2) is 9.08. The third-order valence-corrected chi connectivity index (χ3v) is 6.32. The molecule has 3 aromatic heterocycles. The van der Waals surface area contributed by atoms with Gasteiger partial charge in [-0.25, -0.2) is 4.98 Å². The van der Waals surface area contributed by atoms with E-state index in [-0.39, 0.29) is 24.5 Å². The standard InChI is InChI=1S/C24H27N5O2S/c1-15-8-7-12-26-23(15)29-16(2)14-18(17(29)3)22-21(19-9-5-6-11-25-19)27-24(32)28(22)13-10-20(30)31-4/h5-9,11-12,14,21-22H,10,13H2,1-4H3,(H,27,32)/t21-,22+/m1/s1. The Bertz CT molecular complexity index is 1140. The van der Waals surface area contributed by atoms with Crippen molar-refractivity contribution in [3.8, 4) is 5.82 Å². The minimum Gasteiger partial charge on any atom is -0.469 e. The largest absolute Gasteiger partial charge is 0.469 e. The van der Waals surface area contributed by atoms with E-state index in [1.165, 1.54) is 7.11 Å². The van der Waals surface area contributed by atoms with E-state index in [4.69, 9.17) is 17.0 Å². The number of hydrogen-bond donors (Lipinski definition) is 1. The van der Waals surface area contributed by atoms with Crippen LogP contribution in [0.4, 0.5) is 0 Å². The lowest BCUT2D eigenvalue weighted by molar-refractivity contribution is -0.140. The molecule has 0 spiro atoms. The average molecular weight is 450 g/mol. The number of carbonyl (C=O) groups excluding carboxylic acids is 1. The van der Waals surface area contributed by atoms with Gasteiger partial charge in [0.05, 0.1) is 31.3 Å². The number of aryl methyl sites for hydroxylation is 2. The van der Waals surface area contributed by atoms with Crippen molar-refractivity contribution in [2.75, 3.05) is 13.7 Å². The highest BCUT2D eigenvalue weighted by atomic mass is 32.1. The SMILES string of the molecule is COC(=O)CCN1C(=S)N[C@H](c2ccccn2)[C@@H]1c1cc(C)n(-c2ncccc2C)c1C. The van der Waals surface area contributed by atoms with Crippen molar-refractivity contribution in [2.45, 2.75) is 39.3 Å². The van der Waals surface area contributed by atoms with Crippen molar-refractivity contribution >= 4 is 23.3 Å². The van der Waals surface area contributed by atoms with Crippen LogP contribution in [0.5, 0.6) is 0 Å². The topological polar surface area (TPSA) is 72.3 Å². The quantitative estimate of drug-likeness (QED) is 0.454. The number of rotatable bonds is 6. The summed E-state index contributed by atoms with van der Waals surface area (Å²) in [5.41, 5.74) is 5.30. The minimum atomic E-state index is -0.262. The molecule has 32 heavy (non-hydrogen) atoms. The van der Waals surface area contributed by atoms with Gasteiger partial charge in [0.1, 0.15) is 5.82 Å². The summed E-state index contributed by atoms with van der Waals surface area (Å²) in [5.74, 6) is 0.653. The molecule has 1 fully saturated rings. The first-order chi connectivity index (χ1) is 15.4. The Morgan fingerprint density at radius 2 is 1.94 bits per heavy atom. The number of carbonyl (C=O) groups is 1. The first-order valence-electron chi connectivity index (χ1n) is 10.6. The molecule has 0 unspecified atom stereocenters. The van der Waals surface area contributed by atoms with Crippen LogP contribution in [0.3, 0.4) is 0 Å². The summed E-state index contributed by atoms with van der Waals surface area (Å²) < 4.78 is 7.04. The van der Waals surface area contributed by atoms with Gasteiger partial charge in [-0.2, -0.15) is 0 Å². The van der Waals surface area contributed by atoms with Crippen LogP contribution in [0.15, 0.2) is 48.8 Å². The molecule has 1 aliphatic rings. The summed E-state index contributed by atoms with van der Waals surface area (Å²) >= 11 is 5.70. The van der Waals surface area contributed by atoms with Crippen LogP contribution in [-0.4, -0.2) is 44.2 Å². The number of nitrogens with one attached hydrogen (secondary N) is 1. The first-order valence-corrected chi connectivity index (χ1v) is 11.0. The number of ether oxygens (including phenoxy) is 1. The fourth-order valence-corrected chi connectivity index (χ4v) is 4.75. The molecule has 4 rings (SSSR count). The number of hydrogen-bond acceptors (Lipinski definition) is 5. The number of esters is 1. The smallest absolute Gasteiger partial charge is 0.307 e. The predicted molar refractivity (Wildman–Crippen MR) is 127 cm³/mol. The highest BCUT2D eigenvalue weighted by molar-refractivity contribution is 7.80. The van der Waals surface area contributed by atoms with Crippen molar-refractivity contribution in [2.24, 2.45) is 0 Å². The van der Waals surface area contributed by atoms with Crippen molar-refractivity contribution in [3.63, 3.8) is 0 Å². The molecule has 1 aliphatic heterocycles. The highest BCUT2D eigenvalue weighted by Crippen LogP contribution is 2.41. The third-order valence-electron chi connectivity index (χ3n) is 5.96. The molecule has 0 radical (unpaired) electrons. The molecule has 166 valence electrons. The van der Waals surface area contributed by atoms with Crippen LogP contribution in [0.25, 0.3) is 5.82 Å². The zero-order valence-corrected chi connectivity index (χ0v) is 19.5. The van der Waals surface area contributed by atoms with Gasteiger partial charge in [-0.3, -0.25) is 9.78 Å². The monoisotopic (exact) mass is 449 g/mol. The maximum atomic E-state index is 11.9. The normalized spacial score (nSPS) is 18.0. The molecule has 0 aliphatic carbocycles. The lowest BCUT2D eigenvalue weighted by atomic mass is 9.96. The van der Waals surface area contributed by atoms with Crippen LogP contribution >= 0.6 is 12.2 Å². The Kier molecular flexibility index (Phi) is 6.23. The number of nitrogens with zero attached hydrogens (tertiary/aromatic N) is 4. The van der Waals surface area contributed by atoms with E-state index in [0.29, 0.717) is 11.7 Å². The van der Waals surface area contributed by atoms with Crippen molar-refractivity contribution in [1.82, 2.24) is 24.8 Å². The molecule has 0 saturated carbocycles. The summed E-state index contributed by atoms with van der Waals surface area (Å²) in [5, 5.41) is 4.04. The molecule has 8 heteroatoms. The van der Waals surface area contributed by atoms with Gasteiger partial charge < -0.3 is 19.5 Å². The molecule has 7 nitrogen and oxygen atoms in total. The lowest BCUT2D eigenvalue weighted by Crippen LogP contribution is -2.32. The molecule has 3 aromatic rings. The zero-order chi connectivity index (χ0) is 22.8. The maximum Gasteiger partial charge on any atom is 0.307 e. The van der Waals surface area contributed by atoms with E-state index in [0.717, 1.165) is 34.0 Å². The Labute approximate surface area is 193 Å². The van der Waals surface area contributed by atoms with Gasteiger partial charge in [0, 0.05) is 30.3 Å². The summed E-state index contributed by atoms with van der Waals surface area (Å²) in [7, 11) is 1.40. The van der Waals surface area contributed by atoms with Crippen LogP contribution in [-0.2, 0) is 9.53 Å². The molecule has 0 amide bonds. The van der Waals surface area contributed by atoms with Crippen molar-refractivity contribution in [3.05, 3.63) is 77.0 Å². The second-order valence-corrected chi connectivity index (χ2v) is 8.34. The van der Waals surface area contributed by atoms with Crippen LogP contribution < -0.4 is 5.32 Å². The fraction of sp³-hybridized carbons (Fsp3) is 0.333. The lowest BCUT2D eigenvalue weighted by Gasteiger charge is -2.28. The van der Waals surface area contributed by atoms with Gasteiger partial charge in [-0.15, -0.1) is 0 Å². The molecular formula is C24H27N5O2S. The van der Waals surface area contributed by atoms with E-state index >= 15 is 0 Å². The highest BCUT2D eigenvalue weighted by Gasteiger charge is 2.41. The van der Waals surface area contributed by atoms with Gasteiger partial charge in [0.2, 0.25) is 0 Å². The van der Waals surface area contributed by atoms with Gasteiger partial charge in [0.25, 0.3) is 0 Å². The van der Waals surface area contributed by atoms with Gasteiger partial charge in [-0.1, -0.05) is 12.1 Å². The molecule has 1 saturated heterocycles. The predicted octanol–water partition coefficient (Wildman–Crippen LogP) is 3.73. The molecule has 0 aromatic carbocycles. The van der Waals surface area contributed by atoms with E-state index in [9.17, 15) is 4.79 Å². The number of pyridine rings is 2. The van der Waals surface area contributed by atoms with E-state index in [1.807, 2.05) is 30.5 Å². The first kappa shape index (κ1) is 22.0. The van der Waals surface area contributed by atoms with Crippen molar-refractivity contribution < 1.29 is 9.53 Å². The average Bonchev–Trinajstić information content (AvgIpc) is 3.28. The number of thiocarbonyl (C=S) groups is 1. The Balaban J connectivity index is 1.81. The number of methoxy groups -OCH3 is 1. The summed E-state index contributed by atoms with van der Waals surface area (Å²) in [6, 6.07) is 11.8. The molecule has 2 atom stereocenters. The zero-order valence-electron chi connectivity index (χ0n) is 18.7. The van der Waals surface area contributed by atoms with E-state index < -0.39 is 0 Å². The minimum absolute atomic E-state index is 0.119. The molecule has 4 heterocycles. The summed E-state index contributed by atoms with van der Waals surface area (Å²) in [6.07, 6.45) is 3.85. The molecule has 1 N–H and O–H groups in total. The summed E-state index contributed by atoms with van der Waals surface area (Å²) in [6.45, 7) is 6.71. The van der Waals surface area contributed by atoms with Crippen LogP contribution in [0.2, 0.25) is 0 Å². The van der Waals surface area contributed by atoms with Crippen molar-refractivity contribution in [1.29, 1.82) is 0 Å². The van der Waals surface area contributed by atoms with Crippen LogP contribution in [0, 0.1) is 20.8 Å². The summed E-state index contributed by atoms with van der Waals surface area (Å²) in [4.78, 5) is 23.2. The second-order valence-electron chi connectivity index (χ2n) is 7.95.